The lowest BCUT2D eigenvalue weighted by atomic mass is 10.2. The lowest BCUT2D eigenvalue weighted by molar-refractivity contribution is -0.385. The summed E-state index contributed by atoms with van der Waals surface area (Å²) in [4.78, 5) is 87.3. The summed E-state index contributed by atoms with van der Waals surface area (Å²) in [6, 6.07) is 31.8. The number of rotatable bonds is 18. The SMILES string of the molecule is CC(C)(C)OC(=O)N1CCNCC1.CC(C)Br.COc1cc(F)ccc1[N+](=O)[O-].COc1cc(N2CCN(C(=O)OC(C)(C)C)CC2)ccc1[N+](=O)[O-].COc1cc(N2CCN(C(C)C)CC2)ccc1N.COc1cc(N2CCN(C(C)C)CC2)ccc1N.COc1cc(N2CCN(C(C)C)CC2)ccc1[N+](=O)[O-].COc1cc(N2CCNCC2)ccc1[N+](=O)[O-]. The van der Waals surface area contributed by atoms with Crippen LogP contribution in [0, 0.1) is 46.3 Å². The number of alkyl halides is 1. The first-order valence-electron chi connectivity index (χ1n) is 42.4. The Balaban J connectivity index is 0.000000261. The number of nitro groups is 4. The van der Waals surface area contributed by atoms with Crippen molar-refractivity contribution < 1.29 is 71.6 Å². The molecule has 700 valence electrons. The number of hydrogen-bond acceptors (Lipinski definition) is 30. The molecule has 6 aliphatic rings. The van der Waals surface area contributed by atoms with Crippen LogP contribution in [0.1, 0.15) is 96.9 Å². The molecule has 0 aliphatic carbocycles. The Morgan fingerprint density at radius 2 is 0.579 bits per heavy atom. The molecule has 0 radical (unpaired) electrons. The number of nitrogens with one attached hydrogen (secondary N) is 2. The Bertz CT molecular complexity index is 4290. The van der Waals surface area contributed by atoms with Gasteiger partial charge in [-0.05, 0) is 132 Å². The van der Waals surface area contributed by atoms with Gasteiger partial charge in [0, 0.05) is 269 Å². The van der Waals surface area contributed by atoms with E-state index in [1.807, 2.05) is 65.8 Å². The molecule has 6 saturated heterocycles. The number of halogens is 2. The van der Waals surface area contributed by atoms with Crippen molar-refractivity contribution in [1.29, 1.82) is 0 Å². The molecule has 0 spiro atoms. The molecule has 6 aromatic rings. The van der Waals surface area contributed by atoms with Crippen molar-refractivity contribution in [3.63, 3.8) is 0 Å². The van der Waals surface area contributed by atoms with E-state index in [1.165, 1.54) is 58.0 Å². The van der Waals surface area contributed by atoms with Crippen LogP contribution in [0.15, 0.2) is 109 Å². The number of amides is 2. The maximum absolute atomic E-state index is 12.5. The largest absolute Gasteiger partial charge is 0.495 e. The zero-order valence-corrected chi connectivity index (χ0v) is 78.8. The number of piperazine rings is 6. The predicted molar refractivity (Wildman–Crippen MR) is 500 cm³/mol. The number of anilines is 7. The topological polar surface area (TPSA) is 389 Å². The lowest BCUT2D eigenvalue weighted by Crippen LogP contribution is -2.50. The third kappa shape index (κ3) is 35.1. The van der Waals surface area contributed by atoms with Crippen LogP contribution in [0.4, 0.5) is 76.5 Å². The van der Waals surface area contributed by atoms with Crippen molar-refractivity contribution in [2.24, 2.45) is 0 Å². The molecule has 0 bridgehead atoms. The van der Waals surface area contributed by atoms with Crippen molar-refractivity contribution in [3.05, 3.63) is 155 Å². The molecule has 36 nitrogen and oxygen atoms in total. The number of carbonyl (C=O) groups is 2. The molecule has 6 N–H and O–H groups in total. The summed E-state index contributed by atoms with van der Waals surface area (Å²) >= 11 is 3.27. The highest BCUT2D eigenvalue weighted by atomic mass is 79.9. The maximum Gasteiger partial charge on any atom is 0.410 e. The standard InChI is InChI=1S/C16H23N3O5.C14H21N3O3.2C14H23N3O.C11H15N3O3.C9H18N2O2.C7H6FNO3.C3H7Br/c1-16(2,3)24-15(20)18-9-7-17(8-10-18)12-5-6-13(19(21)22)14(11-12)23-4;1-11(2)15-6-8-16(9-7-15)12-4-5-13(17(18)19)14(10-12)20-3;2*1-11(2)16-6-8-17(9-7-16)12-4-5-13(15)14(10-12)18-3;1-17-11-8-9(2-3-10(11)14(15)16)13-6-4-12-5-7-13;1-9(2,3)13-8(12)11-6-4-10-5-7-11;1-12-7-4-5(8)2-3-6(7)9(10)11;1-3(2)4/h5-6,11H,7-10H2,1-4H3;4-5,10-11H,6-9H2,1-3H3;2*4-5,10-11H,6-9,15H2,1-3H3;2-3,8,12H,4-7H2,1H3;10H,4-7H2,1-3H3;2-4H,1H3;3H,1-2H3. The fraction of sp³-hybridized carbons (Fsp3) is 0.568. The third-order valence-corrected chi connectivity index (χ3v) is 20.6. The Hall–Kier alpha value is -10.9. The van der Waals surface area contributed by atoms with Crippen molar-refractivity contribution >= 4 is 90.7 Å². The number of ether oxygens (including phenoxy) is 8. The minimum Gasteiger partial charge on any atom is -0.495 e. The second kappa shape index (κ2) is 52.2. The van der Waals surface area contributed by atoms with E-state index in [4.69, 9.17) is 44.6 Å². The fourth-order valence-corrected chi connectivity index (χ4v) is 13.7. The van der Waals surface area contributed by atoms with E-state index >= 15 is 0 Å². The van der Waals surface area contributed by atoms with E-state index in [2.05, 4.69) is 138 Å². The summed E-state index contributed by atoms with van der Waals surface area (Å²) < 4.78 is 53.5. The highest BCUT2D eigenvalue weighted by Crippen LogP contribution is 2.37. The predicted octanol–water partition coefficient (Wildman–Crippen LogP) is 13.8. The molecule has 0 unspecified atom stereocenters. The van der Waals surface area contributed by atoms with Crippen LogP contribution < -0.4 is 75.0 Å². The molecule has 6 fully saturated rings. The molecule has 12 rings (SSSR count). The summed E-state index contributed by atoms with van der Waals surface area (Å²) in [6.07, 6.45) is -0.516. The second-order valence-electron chi connectivity index (χ2n) is 33.0. The average molecular weight is 1830 g/mol. The van der Waals surface area contributed by atoms with Crippen molar-refractivity contribution in [1.82, 2.24) is 35.1 Å². The maximum atomic E-state index is 12.5. The van der Waals surface area contributed by atoms with Gasteiger partial charge in [-0.15, -0.1) is 0 Å². The van der Waals surface area contributed by atoms with Crippen LogP contribution in [-0.4, -0.2) is 290 Å². The van der Waals surface area contributed by atoms with Gasteiger partial charge in [-0.2, -0.15) is 0 Å². The minimum absolute atomic E-state index is 0.00591. The number of nitrogens with two attached hydrogens (primary N) is 2. The van der Waals surface area contributed by atoms with Gasteiger partial charge in [0.15, 0.2) is 23.0 Å². The van der Waals surface area contributed by atoms with Gasteiger partial charge < -0.3 is 94.3 Å². The van der Waals surface area contributed by atoms with Crippen LogP contribution in [-0.2, 0) is 9.47 Å². The number of carbonyl (C=O) groups excluding carboxylic acids is 2. The fourth-order valence-electron chi connectivity index (χ4n) is 13.7. The molecular formula is C88H136BrFN18O18. The first-order chi connectivity index (χ1) is 59.5. The molecule has 6 heterocycles. The number of nitrogen functional groups attached to an aromatic ring is 2. The van der Waals surface area contributed by atoms with E-state index in [0.717, 1.165) is 178 Å². The van der Waals surface area contributed by atoms with Gasteiger partial charge >= 0.3 is 34.9 Å². The number of hydrogen-bond donors (Lipinski definition) is 4. The first-order valence-corrected chi connectivity index (χ1v) is 43.3. The molecular weight excluding hydrogens is 1700 g/mol. The summed E-state index contributed by atoms with van der Waals surface area (Å²) in [5.74, 6) is 1.76. The van der Waals surface area contributed by atoms with Gasteiger partial charge in [-0.25, -0.2) is 14.0 Å². The summed E-state index contributed by atoms with van der Waals surface area (Å²) in [7, 11) is 8.89. The number of nitrogens with zero attached hydrogens (tertiary/aromatic N) is 14. The minimum atomic E-state index is -0.627. The normalized spacial score (nSPS) is 15.7. The third-order valence-electron chi connectivity index (χ3n) is 20.6. The molecule has 0 atom stereocenters. The van der Waals surface area contributed by atoms with E-state index < -0.39 is 31.1 Å². The van der Waals surface area contributed by atoms with Gasteiger partial charge in [0.05, 0.1) is 73.7 Å². The lowest BCUT2D eigenvalue weighted by Gasteiger charge is -2.38. The average Bonchev–Trinajstić information content (AvgIpc) is 0.833. The monoisotopic (exact) mass is 1830 g/mol. The van der Waals surface area contributed by atoms with Crippen molar-refractivity contribution in [2.75, 3.05) is 236 Å². The zero-order chi connectivity index (χ0) is 93.7. The van der Waals surface area contributed by atoms with E-state index in [1.54, 1.807) is 60.4 Å². The zero-order valence-electron chi connectivity index (χ0n) is 77.2. The molecule has 6 aromatic carbocycles. The van der Waals surface area contributed by atoms with E-state index in [0.29, 0.717) is 72.0 Å². The van der Waals surface area contributed by atoms with Crippen molar-refractivity contribution in [2.45, 2.75) is 131 Å². The number of benzene rings is 6. The van der Waals surface area contributed by atoms with Gasteiger partial charge in [-0.3, -0.25) is 55.2 Å². The van der Waals surface area contributed by atoms with Gasteiger partial charge in [0.25, 0.3) is 0 Å². The van der Waals surface area contributed by atoms with Gasteiger partial charge in [-0.1, -0.05) is 29.8 Å². The van der Waals surface area contributed by atoms with Crippen LogP contribution in [0.5, 0.6) is 34.5 Å². The molecule has 0 aromatic heterocycles. The molecule has 126 heavy (non-hydrogen) atoms. The van der Waals surface area contributed by atoms with Crippen LogP contribution in [0.25, 0.3) is 0 Å². The van der Waals surface area contributed by atoms with E-state index in [-0.39, 0.29) is 52.0 Å². The number of methoxy groups -OCH3 is 6. The van der Waals surface area contributed by atoms with E-state index in [9.17, 15) is 54.4 Å². The summed E-state index contributed by atoms with van der Waals surface area (Å²) in [5.41, 5.74) is 17.1. The van der Waals surface area contributed by atoms with Crippen LogP contribution in [0.2, 0.25) is 0 Å². The van der Waals surface area contributed by atoms with Gasteiger partial charge in [0.2, 0.25) is 0 Å². The highest BCUT2D eigenvalue weighted by molar-refractivity contribution is 9.09. The summed E-state index contributed by atoms with van der Waals surface area (Å²) in [5, 5.41) is 49.4. The highest BCUT2D eigenvalue weighted by Gasteiger charge is 2.30. The Morgan fingerprint density at radius 1 is 0.357 bits per heavy atom. The van der Waals surface area contributed by atoms with Crippen molar-refractivity contribution in [3.8, 4) is 34.5 Å². The molecule has 0 saturated carbocycles. The molecule has 38 heteroatoms. The Morgan fingerprint density at radius 3 is 0.833 bits per heavy atom. The first kappa shape index (κ1) is 106. The van der Waals surface area contributed by atoms with Crippen LogP contribution >= 0.6 is 15.9 Å². The molecule has 6 aliphatic heterocycles. The quantitative estimate of drug-likeness (QED) is 0.0269. The smallest absolute Gasteiger partial charge is 0.410 e. The Kier molecular flexibility index (Phi) is 43.8. The number of nitro benzene ring substituents is 4. The van der Waals surface area contributed by atoms with Crippen LogP contribution in [0.3, 0.4) is 0 Å². The van der Waals surface area contributed by atoms with Gasteiger partial charge in [0.1, 0.15) is 28.5 Å². The molecule has 2 amide bonds. The second-order valence-corrected chi connectivity index (χ2v) is 34.9. The summed E-state index contributed by atoms with van der Waals surface area (Å²) in [6.45, 7) is 50.5. The Labute approximate surface area is 750 Å².